The Morgan fingerprint density at radius 1 is 1.11 bits per heavy atom. The number of methoxy groups -OCH3 is 1. The van der Waals surface area contributed by atoms with Crippen LogP contribution in [0.4, 0.5) is 0 Å². The van der Waals surface area contributed by atoms with E-state index in [0.717, 1.165) is 24.2 Å². The Labute approximate surface area is 113 Å². The lowest BCUT2D eigenvalue weighted by atomic mass is 10.0. The van der Waals surface area contributed by atoms with E-state index >= 15 is 0 Å². The first kappa shape index (κ1) is 15.2. The van der Waals surface area contributed by atoms with Crippen LogP contribution in [0.25, 0.3) is 0 Å². The monoisotopic (exact) mass is 264 g/mol. The van der Waals surface area contributed by atoms with Crippen LogP contribution in [0.5, 0.6) is 5.75 Å². The molecule has 1 rings (SSSR count). The summed E-state index contributed by atoms with van der Waals surface area (Å²) in [6.45, 7) is 0. The molecule has 0 amide bonds. The molecule has 0 aliphatic carbocycles. The molecular formula is C15H20O4. The van der Waals surface area contributed by atoms with E-state index in [4.69, 9.17) is 9.84 Å². The van der Waals surface area contributed by atoms with Crippen LogP contribution in [0.3, 0.4) is 0 Å². The molecule has 104 valence electrons. The standard InChI is InChI=1S/C15H20O4/c1-19-14-9-6-5-7-12(14)11-13(16)8-3-2-4-10-15(17)18/h5-7,9H,2-4,8,10-11H2,1H3,(H,17,18). The molecule has 0 spiro atoms. The maximum atomic E-state index is 11.8. The number of ketones is 1. The van der Waals surface area contributed by atoms with E-state index < -0.39 is 5.97 Å². The lowest BCUT2D eigenvalue weighted by molar-refractivity contribution is -0.137. The van der Waals surface area contributed by atoms with E-state index in [9.17, 15) is 9.59 Å². The lowest BCUT2D eigenvalue weighted by Crippen LogP contribution is -2.04. The summed E-state index contributed by atoms with van der Waals surface area (Å²) in [6.07, 6.45) is 3.23. The third-order valence-electron chi connectivity index (χ3n) is 2.93. The van der Waals surface area contributed by atoms with Crippen molar-refractivity contribution >= 4 is 11.8 Å². The lowest BCUT2D eigenvalue weighted by Gasteiger charge is -2.07. The van der Waals surface area contributed by atoms with Crippen LogP contribution >= 0.6 is 0 Å². The number of carboxylic acids is 1. The van der Waals surface area contributed by atoms with Crippen molar-refractivity contribution in [1.29, 1.82) is 0 Å². The molecular weight excluding hydrogens is 244 g/mol. The molecule has 4 nitrogen and oxygen atoms in total. The molecule has 0 aromatic heterocycles. The average molecular weight is 264 g/mol. The van der Waals surface area contributed by atoms with E-state index in [1.165, 1.54) is 0 Å². The Balaban J connectivity index is 2.29. The van der Waals surface area contributed by atoms with Crippen LogP contribution < -0.4 is 4.74 Å². The Hall–Kier alpha value is -1.84. The minimum atomic E-state index is -0.777. The molecule has 0 saturated carbocycles. The predicted octanol–water partition coefficient (Wildman–Crippen LogP) is 2.84. The molecule has 19 heavy (non-hydrogen) atoms. The molecule has 1 aromatic carbocycles. The summed E-state index contributed by atoms with van der Waals surface area (Å²) < 4.78 is 5.20. The van der Waals surface area contributed by atoms with Gasteiger partial charge in [0, 0.05) is 24.8 Å². The second kappa shape index (κ2) is 8.29. The highest BCUT2D eigenvalue weighted by atomic mass is 16.5. The number of carboxylic acid groups (broad SMARTS) is 1. The quantitative estimate of drug-likeness (QED) is 0.697. The van der Waals surface area contributed by atoms with E-state index in [1.54, 1.807) is 7.11 Å². The average Bonchev–Trinajstić information content (AvgIpc) is 2.38. The van der Waals surface area contributed by atoms with Gasteiger partial charge in [0.1, 0.15) is 11.5 Å². The number of benzene rings is 1. The normalized spacial score (nSPS) is 10.2. The van der Waals surface area contributed by atoms with Gasteiger partial charge in [-0.25, -0.2) is 0 Å². The maximum absolute atomic E-state index is 11.8. The van der Waals surface area contributed by atoms with Crippen LogP contribution in [0.1, 0.15) is 37.7 Å². The van der Waals surface area contributed by atoms with Gasteiger partial charge in [-0.1, -0.05) is 24.6 Å². The van der Waals surface area contributed by atoms with Crippen molar-refractivity contribution in [3.63, 3.8) is 0 Å². The molecule has 0 fully saturated rings. The summed E-state index contributed by atoms with van der Waals surface area (Å²) in [5, 5.41) is 8.49. The topological polar surface area (TPSA) is 63.6 Å². The fourth-order valence-electron chi connectivity index (χ4n) is 1.92. The fraction of sp³-hybridized carbons (Fsp3) is 0.467. The molecule has 1 aromatic rings. The Morgan fingerprint density at radius 2 is 1.79 bits per heavy atom. The molecule has 0 atom stereocenters. The molecule has 0 aliphatic heterocycles. The first-order chi connectivity index (χ1) is 9.13. The molecule has 0 bridgehead atoms. The summed E-state index contributed by atoms with van der Waals surface area (Å²) in [7, 11) is 1.59. The van der Waals surface area contributed by atoms with Crippen molar-refractivity contribution in [2.45, 2.75) is 38.5 Å². The molecule has 0 aliphatic rings. The number of para-hydroxylation sites is 1. The number of rotatable bonds is 9. The summed E-state index contributed by atoms with van der Waals surface area (Å²) in [5.74, 6) is 0.127. The Bertz CT molecular complexity index is 426. The number of unbranched alkanes of at least 4 members (excludes halogenated alkanes) is 2. The van der Waals surface area contributed by atoms with Gasteiger partial charge in [0.15, 0.2) is 0 Å². The van der Waals surface area contributed by atoms with Crippen LogP contribution in [-0.4, -0.2) is 24.0 Å². The number of carbonyl (C=O) groups excluding carboxylic acids is 1. The second-order valence-electron chi connectivity index (χ2n) is 4.48. The first-order valence-electron chi connectivity index (χ1n) is 6.49. The van der Waals surface area contributed by atoms with E-state index in [0.29, 0.717) is 19.3 Å². The number of hydrogen-bond donors (Lipinski definition) is 1. The number of ether oxygens (including phenoxy) is 1. The highest BCUT2D eigenvalue weighted by Crippen LogP contribution is 2.18. The van der Waals surface area contributed by atoms with Gasteiger partial charge in [0.25, 0.3) is 0 Å². The van der Waals surface area contributed by atoms with Gasteiger partial charge >= 0.3 is 5.97 Å². The van der Waals surface area contributed by atoms with Crippen molar-refractivity contribution in [3.05, 3.63) is 29.8 Å². The third kappa shape index (κ3) is 6.04. The second-order valence-corrected chi connectivity index (χ2v) is 4.48. The molecule has 0 heterocycles. The molecule has 4 heteroatoms. The van der Waals surface area contributed by atoms with Crippen LogP contribution in [-0.2, 0) is 16.0 Å². The highest BCUT2D eigenvalue weighted by molar-refractivity contribution is 5.81. The van der Waals surface area contributed by atoms with Gasteiger partial charge in [0.05, 0.1) is 7.11 Å². The van der Waals surface area contributed by atoms with E-state index in [2.05, 4.69) is 0 Å². The number of Topliss-reactive ketones (excluding diaryl/α,β-unsaturated/α-hetero) is 1. The van der Waals surface area contributed by atoms with Gasteiger partial charge in [-0.05, 0) is 18.9 Å². The molecule has 0 radical (unpaired) electrons. The smallest absolute Gasteiger partial charge is 0.303 e. The number of aliphatic carboxylic acids is 1. The van der Waals surface area contributed by atoms with Crippen molar-refractivity contribution in [2.75, 3.05) is 7.11 Å². The van der Waals surface area contributed by atoms with Gasteiger partial charge in [-0.3, -0.25) is 9.59 Å². The highest BCUT2D eigenvalue weighted by Gasteiger charge is 2.08. The van der Waals surface area contributed by atoms with Gasteiger partial charge in [-0.15, -0.1) is 0 Å². The largest absolute Gasteiger partial charge is 0.496 e. The third-order valence-corrected chi connectivity index (χ3v) is 2.93. The summed E-state index contributed by atoms with van der Waals surface area (Å²) >= 11 is 0. The van der Waals surface area contributed by atoms with Gasteiger partial charge in [-0.2, -0.15) is 0 Å². The molecule has 0 saturated heterocycles. The van der Waals surface area contributed by atoms with Crippen LogP contribution in [0, 0.1) is 0 Å². The summed E-state index contributed by atoms with van der Waals surface area (Å²) in [4.78, 5) is 22.1. The minimum absolute atomic E-state index is 0.167. The van der Waals surface area contributed by atoms with Crippen molar-refractivity contribution in [1.82, 2.24) is 0 Å². The zero-order chi connectivity index (χ0) is 14.1. The maximum Gasteiger partial charge on any atom is 0.303 e. The van der Waals surface area contributed by atoms with Crippen LogP contribution in [0.15, 0.2) is 24.3 Å². The molecule has 1 N–H and O–H groups in total. The van der Waals surface area contributed by atoms with E-state index in [1.807, 2.05) is 24.3 Å². The molecule has 0 unspecified atom stereocenters. The zero-order valence-corrected chi connectivity index (χ0v) is 11.2. The first-order valence-corrected chi connectivity index (χ1v) is 6.49. The van der Waals surface area contributed by atoms with Crippen molar-refractivity contribution in [2.24, 2.45) is 0 Å². The number of carbonyl (C=O) groups is 2. The van der Waals surface area contributed by atoms with Crippen molar-refractivity contribution in [3.8, 4) is 5.75 Å². The van der Waals surface area contributed by atoms with Gasteiger partial charge < -0.3 is 9.84 Å². The summed E-state index contributed by atoms with van der Waals surface area (Å²) in [6, 6.07) is 7.49. The van der Waals surface area contributed by atoms with Crippen LogP contribution in [0.2, 0.25) is 0 Å². The fourth-order valence-corrected chi connectivity index (χ4v) is 1.92. The van der Waals surface area contributed by atoms with E-state index in [-0.39, 0.29) is 12.2 Å². The Morgan fingerprint density at radius 3 is 2.47 bits per heavy atom. The minimum Gasteiger partial charge on any atom is -0.496 e. The van der Waals surface area contributed by atoms with Crippen molar-refractivity contribution < 1.29 is 19.4 Å². The predicted molar refractivity (Wildman–Crippen MR) is 72.4 cm³/mol. The number of hydrogen-bond acceptors (Lipinski definition) is 3. The SMILES string of the molecule is COc1ccccc1CC(=O)CCCCCC(=O)O. The Kier molecular flexibility index (Phi) is 6.64. The summed E-state index contributed by atoms with van der Waals surface area (Å²) in [5.41, 5.74) is 0.903. The zero-order valence-electron chi connectivity index (χ0n) is 11.2. The van der Waals surface area contributed by atoms with Gasteiger partial charge in [0.2, 0.25) is 0 Å².